The molecule has 0 aromatic rings. The minimum Gasteiger partial charge on any atom is -0.344 e. The van der Waals surface area contributed by atoms with E-state index in [1.807, 2.05) is 0 Å². The molecule has 0 saturated carbocycles. The van der Waals surface area contributed by atoms with E-state index in [0.29, 0.717) is 6.04 Å². The number of carbonyl (C=O) groups excluding carboxylic acids is 2. The fourth-order valence-corrected chi connectivity index (χ4v) is 3.87. The van der Waals surface area contributed by atoms with Crippen LogP contribution in [0.5, 0.6) is 0 Å². The number of carbonyl (C=O) groups is 2. The Kier molecular flexibility index (Phi) is 4.45. The molecule has 6 heteroatoms. The molecule has 118 valence electrons. The second kappa shape index (κ2) is 6.32. The van der Waals surface area contributed by atoms with E-state index in [9.17, 15) is 9.59 Å². The average molecular weight is 294 g/mol. The average Bonchev–Trinajstić information content (AvgIpc) is 3.10. The zero-order valence-corrected chi connectivity index (χ0v) is 12.8. The second-order valence-corrected chi connectivity index (χ2v) is 6.49. The Morgan fingerprint density at radius 1 is 1.19 bits per heavy atom. The van der Waals surface area contributed by atoms with Gasteiger partial charge in [-0.05, 0) is 51.7 Å². The second-order valence-electron chi connectivity index (χ2n) is 6.49. The van der Waals surface area contributed by atoms with E-state index in [1.54, 1.807) is 11.9 Å². The van der Waals surface area contributed by atoms with Crippen LogP contribution >= 0.6 is 0 Å². The first-order valence-electron chi connectivity index (χ1n) is 8.18. The van der Waals surface area contributed by atoms with Gasteiger partial charge in [-0.2, -0.15) is 0 Å². The summed E-state index contributed by atoms with van der Waals surface area (Å²) in [5.41, 5.74) is 0. The monoisotopic (exact) mass is 294 g/mol. The van der Waals surface area contributed by atoms with Crippen molar-refractivity contribution in [1.82, 2.24) is 20.4 Å². The first-order chi connectivity index (χ1) is 10.2. The number of nitrogens with zero attached hydrogens (tertiary/aromatic N) is 2. The smallest absolute Gasteiger partial charge is 0.244 e. The number of likely N-dealkylation sites (N-methyl/N-ethyl adjacent to an activating group) is 1. The fourth-order valence-electron chi connectivity index (χ4n) is 3.87. The van der Waals surface area contributed by atoms with Gasteiger partial charge in [-0.15, -0.1) is 0 Å². The quantitative estimate of drug-likeness (QED) is 0.740. The molecular weight excluding hydrogens is 268 g/mol. The Morgan fingerprint density at radius 3 is 2.62 bits per heavy atom. The van der Waals surface area contributed by atoms with Crippen molar-refractivity contribution in [2.75, 3.05) is 33.2 Å². The van der Waals surface area contributed by atoms with E-state index < -0.39 is 0 Å². The van der Waals surface area contributed by atoms with Crippen molar-refractivity contribution in [1.29, 1.82) is 0 Å². The third kappa shape index (κ3) is 3.06. The minimum atomic E-state index is -0.307. The van der Waals surface area contributed by atoms with E-state index >= 15 is 0 Å². The maximum absolute atomic E-state index is 12.6. The van der Waals surface area contributed by atoms with Crippen molar-refractivity contribution < 1.29 is 9.59 Å². The summed E-state index contributed by atoms with van der Waals surface area (Å²) in [5.74, 6) is 0.106. The van der Waals surface area contributed by atoms with Crippen LogP contribution in [0.3, 0.4) is 0 Å². The van der Waals surface area contributed by atoms with E-state index in [1.165, 1.54) is 0 Å². The first-order valence-corrected chi connectivity index (χ1v) is 8.18. The van der Waals surface area contributed by atoms with Crippen molar-refractivity contribution in [3.63, 3.8) is 0 Å². The summed E-state index contributed by atoms with van der Waals surface area (Å²) in [6.45, 7) is 3.84. The number of piperidine rings is 1. The van der Waals surface area contributed by atoms with Crippen LogP contribution in [0.15, 0.2) is 0 Å². The van der Waals surface area contributed by atoms with Crippen molar-refractivity contribution in [3.8, 4) is 0 Å². The van der Waals surface area contributed by atoms with Crippen molar-refractivity contribution >= 4 is 11.8 Å². The molecule has 3 saturated heterocycles. The SMILES string of the molecule is CN1CCC(NC(=O)C2CCCN2C2CCNCC2)C1=O. The predicted molar refractivity (Wildman–Crippen MR) is 79.8 cm³/mol. The summed E-state index contributed by atoms with van der Waals surface area (Å²) in [6, 6.07) is 0.177. The fraction of sp³-hybridized carbons (Fsp3) is 0.867. The van der Waals surface area contributed by atoms with E-state index in [0.717, 1.165) is 58.3 Å². The number of rotatable bonds is 3. The van der Waals surface area contributed by atoms with Gasteiger partial charge >= 0.3 is 0 Å². The summed E-state index contributed by atoms with van der Waals surface area (Å²) in [7, 11) is 1.80. The van der Waals surface area contributed by atoms with Gasteiger partial charge in [-0.25, -0.2) is 0 Å². The van der Waals surface area contributed by atoms with Gasteiger partial charge in [0.25, 0.3) is 0 Å². The minimum absolute atomic E-state index is 0.0354. The molecule has 2 atom stereocenters. The maximum Gasteiger partial charge on any atom is 0.244 e. The van der Waals surface area contributed by atoms with Gasteiger partial charge in [-0.3, -0.25) is 14.5 Å². The molecule has 3 aliphatic heterocycles. The number of hydrogen-bond acceptors (Lipinski definition) is 4. The summed E-state index contributed by atoms with van der Waals surface area (Å²) in [6.07, 6.45) is 4.98. The van der Waals surface area contributed by atoms with Crippen molar-refractivity contribution in [3.05, 3.63) is 0 Å². The summed E-state index contributed by atoms with van der Waals surface area (Å²) in [4.78, 5) is 28.6. The standard InChI is InChI=1S/C15H26N4O2/c1-18-10-6-12(15(18)21)17-14(20)13-3-2-9-19(13)11-4-7-16-8-5-11/h11-13,16H,2-10H2,1H3,(H,17,20). The lowest BCUT2D eigenvalue weighted by Crippen LogP contribution is -2.53. The summed E-state index contributed by atoms with van der Waals surface area (Å²) < 4.78 is 0. The molecular formula is C15H26N4O2. The molecule has 2 amide bonds. The number of likely N-dealkylation sites (tertiary alicyclic amines) is 2. The molecule has 2 unspecified atom stereocenters. The van der Waals surface area contributed by atoms with Gasteiger partial charge < -0.3 is 15.5 Å². The van der Waals surface area contributed by atoms with Crippen LogP contribution in [-0.4, -0.2) is 73.0 Å². The molecule has 0 aromatic heterocycles. The van der Waals surface area contributed by atoms with Gasteiger partial charge in [0.05, 0.1) is 6.04 Å². The van der Waals surface area contributed by atoms with Crippen LogP contribution in [0.2, 0.25) is 0 Å². The molecule has 0 radical (unpaired) electrons. The third-order valence-corrected chi connectivity index (χ3v) is 5.12. The van der Waals surface area contributed by atoms with E-state index in [-0.39, 0.29) is 23.9 Å². The first kappa shape index (κ1) is 14.8. The molecule has 0 aliphatic carbocycles. The highest BCUT2D eigenvalue weighted by Gasteiger charge is 2.38. The highest BCUT2D eigenvalue weighted by molar-refractivity contribution is 5.91. The molecule has 3 rings (SSSR count). The molecule has 6 nitrogen and oxygen atoms in total. The van der Waals surface area contributed by atoms with Gasteiger partial charge in [0.1, 0.15) is 6.04 Å². The molecule has 0 bridgehead atoms. The predicted octanol–water partition coefficient (Wildman–Crippen LogP) is -0.450. The molecule has 3 fully saturated rings. The maximum atomic E-state index is 12.6. The number of nitrogens with one attached hydrogen (secondary N) is 2. The topological polar surface area (TPSA) is 64.7 Å². The number of hydrogen-bond donors (Lipinski definition) is 2. The van der Waals surface area contributed by atoms with Gasteiger partial charge in [0.2, 0.25) is 11.8 Å². The lowest BCUT2D eigenvalue weighted by Gasteiger charge is -2.35. The summed E-state index contributed by atoms with van der Waals surface area (Å²) in [5, 5.41) is 6.36. The Labute approximate surface area is 126 Å². The Balaban J connectivity index is 1.59. The zero-order chi connectivity index (χ0) is 14.8. The molecule has 0 aromatic carbocycles. The Morgan fingerprint density at radius 2 is 1.95 bits per heavy atom. The number of amides is 2. The third-order valence-electron chi connectivity index (χ3n) is 5.12. The van der Waals surface area contributed by atoms with Crippen molar-refractivity contribution in [2.24, 2.45) is 0 Å². The van der Waals surface area contributed by atoms with E-state index in [4.69, 9.17) is 0 Å². The molecule has 3 heterocycles. The lowest BCUT2D eigenvalue weighted by molar-refractivity contribution is -0.133. The highest BCUT2D eigenvalue weighted by Crippen LogP contribution is 2.25. The van der Waals surface area contributed by atoms with Gasteiger partial charge in [-0.1, -0.05) is 0 Å². The van der Waals surface area contributed by atoms with Crippen LogP contribution in [0.25, 0.3) is 0 Å². The Hall–Kier alpha value is -1.14. The van der Waals surface area contributed by atoms with Crippen LogP contribution in [0.1, 0.15) is 32.1 Å². The van der Waals surface area contributed by atoms with Crippen LogP contribution in [0, 0.1) is 0 Å². The molecule has 2 N–H and O–H groups in total. The highest BCUT2D eigenvalue weighted by atomic mass is 16.2. The van der Waals surface area contributed by atoms with E-state index in [2.05, 4.69) is 15.5 Å². The molecule has 21 heavy (non-hydrogen) atoms. The largest absolute Gasteiger partial charge is 0.344 e. The van der Waals surface area contributed by atoms with Gasteiger partial charge in [0, 0.05) is 19.6 Å². The van der Waals surface area contributed by atoms with Gasteiger partial charge in [0.15, 0.2) is 0 Å². The van der Waals surface area contributed by atoms with Crippen LogP contribution in [-0.2, 0) is 9.59 Å². The molecule has 0 spiro atoms. The lowest BCUT2D eigenvalue weighted by atomic mass is 10.0. The van der Waals surface area contributed by atoms with Crippen LogP contribution < -0.4 is 10.6 Å². The normalized spacial score (nSPS) is 31.9. The zero-order valence-electron chi connectivity index (χ0n) is 12.8. The Bertz CT molecular complexity index is 408. The van der Waals surface area contributed by atoms with Crippen molar-refractivity contribution in [2.45, 2.75) is 50.2 Å². The molecule has 3 aliphatic rings. The summed E-state index contributed by atoms with van der Waals surface area (Å²) >= 11 is 0. The van der Waals surface area contributed by atoms with Crippen LogP contribution in [0.4, 0.5) is 0 Å².